The molecule has 0 N–H and O–H groups in total. The van der Waals surface area contributed by atoms with Crippen LogP contribution in [-0.2, 0) is 26.1 Å². The molecule has 0 amide bonds. The van der Waals surface area contributed by atoms with Crippen LogP contribution in [0.4, 0.5) is 0 Å². The summed E-state index contributed by atoms with van der Waals surface area (Å²) < 4.78 is 43.1. The van der Waals surface area contributed by atoms with E-state index >= 15 is 0 Å². The van der Waals surface area contributed by atoms with Crippen LogP contribution in [0.2, 0.25) is 0 Å². The lowest BCUT2D eigenvalue weighted by Gasteiger charge is -2.26. The lowest BCUT2D eigenvalue weighted by molar-refractivity contribution is 0.0468. The van der Waals surface area contributed by atoms with Crippen LogP contribution in [-0.4, -0.2) is 52.1 Å². The van der Waals surface area contributed by atoms with Crippen molar-refractivity contribution in [1.29, 1.82) is 0 Å². The van der Waals surface area contributed by atoms with Crippen molar-refractivity contribution >= 4 is 16.0 Å². The van der Waals surface area contributed by atoms with Crippen molar-refractivity contribution in [2.45, 2.75) is 25.3 Å². The fraction of sp³-hybridized carbons (Fsp3) is 0.381. The molecular weight excluding hydrogens is 394 g/mol. The number of nitrogens with zero attached hydrogens (tertiary/aromatic N) is 1. The highest BCUT2D eigenvalue weighted by Crippen LogP contribution is 2.26. The molecule has 7 nitrogen and oxygen atoms in total. The summed E-state index contributed by atoms with van der Waals surface area (Å²) in [4.78, 5) is 12.7. The summed E-state index contributed by atoms with van der Waals surface area (Å²) in [6.07, 6.45) is 0. The molecule has 0 atom stereocenters. The Labute approximate surface area is 171 Å². The molecule has 8 heteroatoms. The highest BCUT2D eigenvalue weighted by molar-refractivity contribution is 7.89. The lowest BCUT2D eigenvalue weighted by Crippen LogP contribution is -2.40. The number of hydrogen-bond donors (Lipinski definition) is 0. The molecule has 1 aliphatic rings. The highest BCUT2D eigenvalue weighted by Gasteiger charge is 2.28. The lowest BCUT2D eigenvalue weighted by atomic mass is 10.1. The number of ether oxygens (including phenoxy) is 3. The van der Waals surface area contributed by atoms with E-state index in [0.717, 1.165) is 16.7 Å². The summed E-state index contributed by atoms with van der Waals surface area (Å²) in [7, 11) is -2.31. The number of carbonyl (C=O) groups excluding carboxylic acids is 1. The first-order chi connectivity index (χ1) is 13.8. The Morgan fingerprint density at radius 3 is 2.52 bits per heavy atom. The first-order valence-electron chi connectivity index (χ1n) is 9.32. The third-order valence-corrected chi connectivity index (χ3v) is 6.76. The third-order valence-electron chi connectivity index (χ3n) is 4.86. The molecule has 1 heterocycles. The van der Waals surface area contributed by atoms with Gasteiger partial charge in [-0.05, 0) is 43.2 Å². The van der Waals surface area contributed by atoms with Crippen LogP contribution in [0.5, 0.6) is 5.75 Å². The summed E-state index contributed by atoms with van der Waals surface area (Å²) in [5.41, 5.74) is 3.05. The number of hydrogen-bond acceptors (Lipinski definition) is 6. The zero-order valence-corrected chi connectivity index (χ0v) is 17.6. The normalized spacial score (nSPS) is 15.1. The molecule has 156 valence electrons. The fourth-order valence-corrected chi connectivity index (χ4v) is 4.55. The topological polar surface area (TPSA) is 82.1 Å². The van der Waals surface area contributed by atoms with E-state index in [1.54, 1.807) is 0 Å². The molecule has 2 aromatic carbocycles. The van der Waals surface area contributed by atoms with E-state index in [1.807, 2.05) is 32.0 Å². The quantitative estimate of drug-likeness (QED) is 0.670. The van der Waals surface area contributed by atoms with E-state index in [4.69, 9.17) is 14.2 Å². The van der Waals surface area contributed by atoms with Crippen molar-refractivity contribution in [2.75, 3.05) is 33.4 Å². The van der Waals surface area contributed by atoms with Crippen molar-refractivity contribution in [3.8, 4) is 5.75 Å². The number of esters is 1. The maximum atomic E-state index is 12.9. The molecule has 0 spiro atoms. The minimum atomic E-state index is -3.73. The van der Waals surface area contributed by atoms with Gasteiger partial charge in [0.1, 0.15) is 17.9 Å². The highest BCUT2D eigenvalue weighted by atomic mass is 32.2. The fourth-order valence-electron chi connectivity index (χ4n) is 3.12. The summed E-state index contributed by atoms with van der Waals surface area (Å²) in [5.74, 6) is -0.376. The van der Waals surface area contributed by atoms with Crippen molar-refractivity contribution in [2.24, 2.45) is 0 Å². The molecule has 0 unspecified atom stereocenters. The predicted octanol–water partition coefficient (Wildman–Crippen LogP) is 2.69. The van der Waals surface area contributed by atoms with E-state index < -0.39 is 16.0 Å². The van der Waals surface area contributed by atoms with Crippen LogP contribution < -0.4 is 4.74 Å². The second kappa shape index (κ2) is 8.94. The molecule has 0 bridgehead atoms. The van der Waals surface area contributed by atoms with Crippen molar-refractivity contribution in [3.05, 3.63) is 58.7 Å². The van der Waals surface area contributed by atoms with Gasteiger partial charge in [0, 0.05) is 13.1 Å². The summed E-state index contributed by atoms with van der Waals surface area (Å²) in [6.45, 7) is 5.25. The Kier molecular flexibility index (Phi) is 6.56. The van der Waals surface area contributed by atoms with Crippen LogP contribution in [0.15, 0.2) is 41.3 Å². The maximum absolute atomic E-state index is 12.9. The summed E-state index contributed by atoms with van der Waals surface area (Å²) in [6, 6.07) is 10.1. The number of sulfonamides is 1. The van der Waals surface area contributed by atoms with Crippen LogP contribution in [0, 0.1) is 13.8 Å². The summed E-state index contributed by atoms with van der Waals surface area (Å²) in [5, 5.41) is 0. The van der Waals surface area contributed by atoms with Crippen LogP contribution in [0.25, 0.3) is 0 Å². The van der Waals surface area contributed by atoms with Gasteiger partial charge >= 0.3 is 5.97 Å². The number of carbonyl (C=O) groups is 1. The molecular formula is C21H25NO6S. The number of benzene rings is 2. The number of aryl methyl sites for hydroxylation is 2. The van der Waals surface area contributed by atoms with Gasteiger partial charge in [0.15, 0.2) is 0 Å². The van der Waals surface area contributed by atoms with Crippen LogP contribution in [0.3, 0.4) is 0 Å². The Hall–Kier alpha value is -2.42. The second-order valence-electron chi connectivity index (χ2n) is 6.88. The smallest absolute Gasteiger partial charge is 0.342 e. The average molecular weight is 419 g/mol. The molecule has 0 saturated carbocycles. The minimum absolute atomic E-state index is 0.0267. The molecule has 2 aromatic rings. The van der Waals surface area contributed by atoms with Gasteiger partial charge in [-0.1, -0.05) is 23.8 Å². The van der Waals surface area contributed by atoms with Gasteiger partial charge < -0.3 is 14.2 Å². The zero-order valence-electron chi connectivity index (χ0n) is 16.8. The van der Waals surface area contributed by atoms with Gasteiger partial charge in [-0.25, -0.2) is 13.2 Å². The summed E-state index contributed by atoms with van der Waals surface area (Å²) >= 11 is 0. The van der Waals surface area contributed by atoms with Crippen molar-refractivity contribution < 1.29 is 27.4 Å². The predicted molar refractivity (Wildman–Crippen MR) is 108 cm³/mol. The molecule has 29 heavy (non-hydrogen) atoms. The van der Waals surface area contributed by atoms with E-state index in [1.165, 1.54) is 29.6 Å². The Balaban J connectivity index is 1.84. The Morgan fingerprint density at radius 1 is 1.10 bits per heavy atom. The number of morpholine rings is 1. The number of methoxy groups -OCH3 is 1. The standard InChI is InChI=1S/C21H25NO6S/c1-15-4-5-16(2)17(12-15)14-28-21(23)19-13-18(6-7-20(19)26-3)29(24,25)22-8-10-27-11-9-22/h4-7,12-13H,8-11,14H2,1-3H3. The second-order valence-corrected chi connectivity index (χ2v) is 8.82. The van der Waals surface area contributed by atoms with Crippen molar-refractivity contribution in [1.82, 2.24) is 4.31 Å². The Morgan fingerprint density at radius 2 is 1.83 bits per heavy atom. The molecule has 3 rings (SSSR count). The van der Waals surface area contributed by atoms with Gasteiger partial charge in [-0.15, -0.1) is 0 Å². The van der Waals surface area contributed by atoms with Crippen molar-refractivity contribution in [3.63, 3.8) is 0 Å². The molecule has 0 aromatic heterocycles. The van der Waals surface area contributed by atoms with Gasteiger partial charge in [-0.2, -0.15) is 4.31 Å². The van der Waals surface area contributed by atoms with E-state index in [2.05, 4.69) is 0 Å². The maximum Gasteiger partial charge on any atom is 0.342 e. The largest absolute Gasteiger partial charge is 0.496 e. The van der Waals surface area contributed by atoms with E-state index in [9.17, 15) is 13.2 Å². The SMILES string of the molecule is COc1ccc(S(=O)(=O)N2CCOCC2)cc1C(=O)OCc1cc(C)ccc1C. The molecule has 1 fully saturated rings. The third kappa shape index (κ3) is 4.77. The average Bonchev–Trinajstić information content (AvgIpc) is 2.74. The minimum Gasteiger partial charge on any atom is -0.496 e. The van der Waals surface area contributed by atoms with Crippen LogP contribution in [0.1, 0.15) is 27.0 Å². The monoisotopic (exact) mass is 419 g/mol. The number of rotatable bonds is 6. The molecule has 1 aliphatic heterocycles. The molecule has 0 aliphatic carbocycles. The zero-order chi connectivity index (χ0) is 21.0. The van der Waals surface area contributed by atoms with Gasteiger partial charge in [0.05, 0.1) is 25.2 Å². The van der Waals surface area contributed by atoms with Gasteiger partial charge in [-0.3, -0.25) is 0 Å². The van der Waals surface area contributed by atoms with Crippen LogP contribution >= 0.6 is 0 Å². The molecule has 1 saturated heterocycles. The van der Waals surface area contributed by atoms with E-state index in [0.29, 0.717) is 13.2 Å². The van der Waals surface area contributed by atoms with Gasteiger partial charge in [0.2, 0.25) is 10.0 Å². The first-order valence-corrected chi connectivity index (χ1v) is 10.8. The van der Waals surface area contributed by atoms with Gasteiger partial charge in [0.25, 0.3) is 0 Å². The van der Waals surface area contributed by atoms with E-state index in [-0.39, 0.29) is 35.9 Å². The molecule has 0 radical (unpaired) electrons. The Bertz CT molecular complexity index is 996. The first kappa shape index (κ1) is 21.3.